The van der Waals surface area contributed by atoms with Crippen molar-refractivity contribution in [2.75, 3.05) is 0 Å². The fourth-order valence-electron chi connectivity index (χ4n) is 2.32. The maximum Gasteiger partial charge on any atom is 0.180 e. The van der Waals surface area contributed by atoms with Crippen molar-refractivity contribution in [2.24, 2.45) is 0 Å². The number of hydrogen-bond acceptors (Lipinski definition) is 2. The lowest BCUT2D eigenvalue weighted by Crippen LogP contribution is -2.43. The molecule has 1 aliphatic rings. The van der Waals surface area contributed by atoms with Gasteiger partial charge in [0.25, 0.3) is 0 Å². The molecule has 0 radical (unpaired) electrons. The van der Waals surface area contributed by atoms with Gasteiger partial charge in [-0.25, -0.2) is 0 Å². The number of nitrogens with one attached hydrogen (secondary N) is 1. The van der Waals surface area contributed by atoms with Gasteiger partial charge < -0.3 is 5.32 Å². The second-order valence-corrected chi connectivity index (χ2v) is 4.94. The minimum Gasteiger partial charge on any atom is -0.305 e. The first-order valence-corrected chi connectivity index (χ1v) is 5.97. The Morgan fingerprint density at radius 3 is 2.81 bits per heavy atom. The van der Waals surface area contributed by atoms with Crippen molar-refractivity contribution in [1.29, 1.82) is 0 Å². The fourth-order valence-corrected chi connectivity index (χ4v) is 2.32. The molecular formula is C14H19NO. The smallest absolute Gasteiger partial charge is 0.180 e. The number of hydrogen-bond donors (Lipinski definition) is 1. The molecule has 1 N–H and O–H groups in total. The van der Waals surface area contributed by atoms with Crippen molar-refractivity contribution >= 4 is 5.78 Å². The van der Waals surface area contributed by atoms with Gasteiger partial charge in [0.15, 0.2) is 5.78 Å². The highest BCUT2D eigenvalue weighted by Gasteiger charge is 2.27. The highest BCUT2D eigenvalue weighted by molar-refractivity contribution is 6.02. The Hall–Kier alpha value is -1.15. The molecule has 2 nitrogen and oxygen atoms in total. The first-order chi connectivity index (χ1) is 7.58. The third-order valence-electron chi connectivity index (χ3n) is 3.08. The molecule has 0 saturated carbocycles. The van der Waals surface area contributed by atoms with Crippen LogP contribution in [0.25, 0.3) is 0 Å². The van der Waals surface area contributed by atoms with Crippen molar-refractivity contribution < 1.29 is 4.79 Å². The Morgan fingerprint density at radius 1 is 1.38 bits per heavy atom. The van der Waals surface area contributed by atoms with Crippen LogP contribution < -0.4 is 5.32 Å². The predicted molar refractivity (Wildman–Crippen MR) is 65.9 cm³/mol. The number of carbonyl (C=O) groups is 1. The lowest BCUT2D eigenvalue weighted by atomic mass is 9.86. The van der Waals surface area contributed by atoms with E-state index in [1.54, 1.807) is 0 Å². The van der Waals surface area contributed by atoms with Gasteiger partial charge in [-0.1, -0.05) is 31.5 Å². The molecule has 1 unspecified atom stereocenters. The van der Waals surface area contributed by atoms with Crippen molar-refractivity contribution in [2.45, 2.75) is 45.7 Å². The van der Waals surface area contributed by atoms with Gasteiger partial charge in [-0.05, 0) is 31.4 Å². The number of aryl methyl sites for hydroxylation is 2. The molecule has 0 heterocycles. The molecule has 1 aliphatic carbocycles. The summed E-state index contributed by atoms with van der Waals surface area (Å²) in [6.45, 7) is 6.20. The minimum atomic E-state index is 0.00861. The van der Waals surface area contributed by atoms with E-state index < -0.39 is 0 Å². The van der Waals surface area contributed by atoms with Crippen LogP contribution in [0, 0.1) is 6.92 Å². The van der Waals surface area contributed by atoms with Gasteiger partial charge >= 0.3 is 0 Å². The first-order valence-electron chi connectivity index (χ1n) is 5.97. The maximum atomic E-state index is 12.2. The number of fused-ring (bicyclic) bond motifs is 1. The molecule has 0 aromatic heterocycles. The number of ketones is 1. The highest BCUT2D eigenvalue weighted by Crippen LogP contribution is 2.22. The molecule has 16 heavy (non-hydrogen) atoms. The zero-order chi connectivity index (χ0) is 11.7. The van der Waals surface area contributed by atoms with Gasteiger partial charge in [-0.2, -0.15) is 0 Å². The summed E-state index contributed by atoms with van der Waals surface area (Å²) in [5, 5.41) is 3.34. The maximum absolute atomic E-state index is 12.2. The fraction of sp³-hybridized carbons (Fsp3) is 0.500. The van der Waals surface area contributed by atoms with Crippen LogP contribution in [-0.2, 0) is 6.42 Å². The number of benzene rings is 1. The summed E-state index contributed by atoms with van der Waals surface area (Å²) in [5.41, 5.74) is 3.29. The Kier molecular flexibility index (Phi) is 3.10. The van der Waals surface area contributed by atoms with Crippen LogP contribution in [-0.4, -0.2) is 17.9 Å². The SMILES string of the molecule is Cc1ccc2c(c1)C(=O)C(NC(C)C)CC2. The van der Waals surface area contributed by atoms with E-state index in [2.05, 4.69) is 31.3 Å². The van der Waals surface area contributed by atoms with Crippen LogP contribution in [0.15, 0.2) is 18.2 Å². The molecule has 2 rings (SSSR count). The number of Topliss-reactive ketones (excluding diaryl/α,β-unsaturated/α-hetero) is 1. The van der Waals surface area contributed by atoms with Gasteiger partial charge in [-0.3, -0.25) is 4.79 Å². The molecule has 0 saturated heterocycles. The molecule has 1 aromatic carbocycles. The van der Waals surface area contributed by atoms with Crippen LogP contribution in [0.5, 0.6) is 0 Å². The highest BCUT2D eigenvalue weighted by atomic mass is 16.1. The molecule has 1 aromatic rings. The van der Waals surface area contributed by atoms with Crippen LogP contribution >= 0.6 is 0 Å². The molecule has 86 valence electrons. The minimum absolute atomic E-state index is 0.00861. The predicted octanol–water partition coefficient (Wildman–Crippen LogP) is 2.49. The summed E-state index contributed by atoms with van der Waals surface area (Å²) in [6, 6.07) is 6.57. The molecule has 0 aliphatic heterocycles. The summed E-state index contributed by atoms with van der Waals surface area (Å²) < 4.78 is 0. The van der Waals surface area contributed by atoms with E-state index in [4.69, 9.17) is 0 Å². The van der Waals surface area contributed by atoms with E-state index in [-0.39, 0.29) is 11.8 Å². The van der Waals surface area contributed by atoms with Gasteiger partial charge in [0.05, 0.1) is 6.04 Å². The zero-order valence-electron chi connectivity index (χ0n) is 10.2. The van der Waals surface area contributed by atoms with Crippen LogP contribution in [0.3, 0.4) is 0 Å². The lowest BCUT2D eigenvalue weighted by Gasteiger charge is -2.26. The molecule has 0 amide bonds. The Labute approximate surface area is 97.1 Å². The van der Waals surface area contributed by atoms with E-state index in [0.29, 0.717) is 6.04 Å². The van der Waals surface area contributed by atoms with Crippen LogP contribution in [0.2, 0.25) is 0 Å². The van der Waals surface area contributed by atoms with E-state index in [9.17, 15) is 4.79 Å². The summed E-state index contributed by atoms with van der Waals surface area (Å²) in [5.74, 6) is 0.263. The molecule has 0 fully saturated rings. The number of rotatable bonds is 2. The third kappa shape index (κ3) is 2.17. The average Bonchev–Trinajstić information content (AvgIpc) is 2.22. The van der Waals surface area contributed by atoms with E-state index >= 15 is 0 Å². The standard InChI is InChI=1S/C14H19NO/c1-9(2)15-13-7-6-11-5-4-10(3)8-12(11)14(13)16/h4-5,8-9,13,15H,6-7H2,1-3H3. The Morgan fingerprint density at radius 2 is 2.12 bits per heavy atom. The topological polar surface area (TPSA) is 29.1 Å². The van der Waals surface area contributed by atoms with Crippen molar-refractivity contribution in [1.82, 2.24) is 5.32 Å². The molecular weight excluding hydrogens is 198 g/mol. The molecule has 0 bridgehead atoms. The largest absolute Gasteiger partial charge is 0.305 e. The second kappa shape index (κ2) is 4.38. The Balaban J connectivity index is 2.27. The molecule has 1 atom stereocenters. The normalized spacial score (nSPS) is 20.0. The second-order valence-electron chi connectivity index (χ2n) is 4.94. The quantitative estimate of drug-likeness (QED) is 0.824. The Bertz CT molecular complexity index is 409. The van der Waals surface area contributed by atoms with E-state index in [1.165, 1.54) is 5.56 Å². The van der Waals surface area contributed by atoms with E-state index in [1.807, 2.05) is 13.0 Å². The summed E-state index contributed by atoms with van der Waals surface area (Å²) >= 11 is 0. The van der Waals surface area contributed by atoms with Crippen LogP contribution in [0.1, 0.15) is 41.8 Å². The summed E-state index contributed by atoms with van der Waals surface area (Å²) in [4.78, 5) is 12.2. The van der Waals surface area contributed by atoms with E-state index in [0.717, 1.165) is 24.0 Å². The lowest BCUT2D eigenvalue weighted by molar-refractivity contribution is 0.0922. The first kappa shape index (κ1) is 11.3. The third-order valence-corrected chi connectivity index (χ3v) is 3.08. The number of carbonyl (C=O) groups excluding carboxylic acids is 1. The van der Waals surface area contributed by atoms with Gasteiger partial charge in [-0.15, -0.1) is 0 Å². The van der Waals surface area contributed by atoms with Crippen molar-refractivity contribution in [3.05, 3.63) is 34.9 Å². The zero-order valence-corrected chi connectivity index (χ0v) is 10.2. The molecule has 2 heteroatoms. The molecule has 0 spiro atoms. The van der Waals surface area contributed by atoms with Gasteiger partial charge in [0.2, 0.25) is 0 Å². The summed E-state index contributed by atoms with van der Waals surface area (Å²) in [7, 11) is 0. The average molecular weight is 217 g/mol. The van der Waals surface area contributed by atoms with Crippen molar-refractivity contribution in [3.8, 4) is 0 Å². The van der Waals surface area contributed by atoms with Crippen LogP contribution in [0.4, 0.5) is 0 Å². The summed E-state index contributed by atoms with van der Waals surface area (Å²) in [6.07, 6.45) is 1.93. The van der Waals surface area contributed by atoms with Gasteiger partial charge in [0, 0.05) is 11.6 Å². The van der Waals surface area contributed by atoms with Crippen molar-refractivity contribution in [3.63, 3.8) is 0 Å². The van der Waals surface area contributed by atoms with Gasteiger partial charge in [0.1, 0.15) is 0 Å². The monoisotopic (exact) mass is 217 g/mol.